The topological polar surface area (TPSA) is 103 Å². The van der Waals surface area contributed by atoms with Crippen LogP contribution < -0.4 is 0 Å². The van der Waals surface area contributed by atoms with Gasteiger partial charge in [-0.2, -0.15) is 9.29 Å². The van der Waals surface area contributed by atoms with E-state index in [-0.39, 0.29) is 23.0 Å². The van der Waals surface area contributed by atoms with Crippen molar-refractivity contribution in [2.45, 2.75) is 39.2 Å². The summed E-state index contributed by atoms with van der Waals surface area (Å²) in [6, 6.07) is 12.1. The standard InChI is InChI=1S/C22H25N3O5S/c1-5-25(6-2)31(27,28)18-12-9-16(4)19(13-18)22(26)29-14-20-23-21(24-30-20)17-10-7-15(3)8-11-17/h7-13H,5-6,14H2,1-4H3. The van der Waals surface area contributed by atoms with E-state index in [1.807, 2.05) is 31.2 Å². The third-order valence-corrected chi connectivity index (χ3v) is 6.92. The maximum atomic E-state index is 12.8. The maximum Gasteiger partial charge on any atom is 0.338 e. The summed E-state index contributed by atoms with van der Waals surface area (Å²) >= 11 is 0. The minimum Gasteiger partial charge on any atom is -0.452 e. The Hall–Kier alpha value is -3.04. The summed E-state index contributed by atoms with van der Waals surface area (Å²) in [5, 5.41) is 3.91. The smallest absolute Gasteiger partial charge is 0.338 e. The molecule has 1 aromatic heterocycles. The second-order valence-corrected chi connectivity index (χ2v) is 8.96. The lowest BCUT2D eigenvalue weighted by molar-refractivity contribution is 0.0428. The number of benzene rings is 2. The highest BCUT2D eigenvalue weighted by atomic mass is 32.2. The van der Waals surface area contributed by atoms with Crippen molar-refractivity contribution in [3.05, 3.63) is 65.0 Å². The molecule has 0 N–H and O–H groups in total. The molecular formula is C22H25N3O5S. The van der Waals surface area contributed by atoms with Crippen molar-refractivity contribution in [3.63, 3.8) is 0 Å². The molecule has 0 radical (unpaired) electrons. The van der Waals surface area contributed by atoms with E-state index in [1.165, 1.54) is 16.4 Å². The van der Waals surface area contributed by atoms with Crippen LogP contribution in [-0.2, 0) is 21.4 Å². The van der Waals surface area contributed by atoms with E-state index in [0.29, 0.717) is 24.5 Å². The fourth-order valence-corrected chi connectivity index (χ4v) is 4.52. The van der Waals surface area contributed by atoms with Gasteiger partial charge >= 0.3 is 5.97 Å². The second-order valence-electron chi connectivity index (χ2n) is 7.02. The molecule has 0 amide bonds. The number of ether oxygens (including phenoxy) is 1. The van der Waals surface area contributed by atoms with Gasteiger partial charge in [-0.15, -0.1) is 0 Å². The van der Waals surface area contributed by atoms with Crippen molar-refractivity contribution >= 4 is 16.0 Å². The Morgan fingerprint density at radius 1 is 1.06 bits per heavy atom. The minimum absolute atomic E-state index is 0.0493. The highest BCUT2D eigenvalue weighted by Gasteiger charge is 2.24. The van der Waals surface area contributed by atoms with Crippen molar-refractivity contribution in [3.8, 4) is 11.4 Å². The third-order valence-electron chi connectivity index (χ3n) is 4.88. The number of carbonyl (C=O) groups excluding carboxylic acids is 1. The summed E-state index contributed by atoms with van der Waals surface area (Å²) in [6.07, 6.45) is 0. The summed E-state index contributed by atoms with van der Waals surface area (Å²) in [6.45, 7) is 7.69. The Balaban J connectivity index is 1.75. The van der Waals surface area contributed by atoms with E-state index >= 15 is 0 Å². The van der Waals surface area contributed by atoms with Crippen LogP contribution in [0.3, 0.4) is 0 Å². The predicted octanol–water partition coefficient (Wildman–Crippen LogP) is 3.74. The molecule has 0 aliphatic heterocycles. The van der Waals surface area contributed by atoms with Crippen LogP contribution in [0.2, 0.25) is 0 Å². The normalized spacial score (nSPS) is 11.6. The van der Waals surface area contributed by atoms with E-state index < -0.39 is 16.0 Å². The lowest BCUT2D eigenvalue weighted by Crippen LogP contribution is -2.30. The van der Waals surface area contributed by atoms with Crippen LogP contribution in [0.25, 0.3) is 11.4 Å². The molecule has 0 saturated carbocycles. The van der Waals surface area contributed by atoms with Gasteiger partial charge in [-0.05, 0) is 31.5 Å². The number of hydrogen-bond donors (Lipinski definition) is 0. The molecule has 1 heterocycles. The van der Waals surface area contributed by atoms with Gasteiger partial charge in [0.2, 0.25) is 15.8 Å². The van der Waals surface area contributed by atoms with Crippen molar-refractivity contribution in [2.75, 3.05) is 13.1 Å². The lowest BCUT2D eigenvalue weighted by Gasteiger charge is -2.19. The van der Waals surface area contributed by atoms with E-state index in [9.17, 15) is 13.2 Å². The Bertz CT molecular complexity index is 1170. The average Bonchev–Trinajstić information content (AvgIpc) is 3.22. The van der Waals surface area contributed by atoms with Crippen LogP contribution in [0.4, 0.5) is 0 Å². The number of aryl methyl sites for hydroxylation is 2. The monoisotopic (exact) mass is 443 g/mol. The van der Waals surface area contributed by atoms with E-state index in [0.717, 1.165) is 11.1 Å². The zero-order chi connectivity index (χ0) is 22.6. The molecule has 3 aromatic rings. The average molecular weight is 444 g/mol. The second kappa shape index (κ2) is 9.40. The molecule has 0 fully saturated rings. The molecule has 9 heteroatoms. The van der Waals surface area contributed by atoms with Gasteiger partial charge < -0.3 is 9.26 Å². The zero-order valence-corrected chi connectivity index (χ0v) is 18.8. The summed E-state index contributed by atoms with van der Waals surface area (Å²) in [5.41, 5.74) is 2.68. The fraction of sp³-hybridized carbons (Fsp3) is 0.318. The van der Waals surface area contributed by atoms with Gasteiger partial charge in [0.25, 0.3) is 5.89 Å². The van der Waals surface area contributed by atoms with Gasteiger partial charge in [0.1, 0.15) is 0 Å². The third kappa shape index (κ3) is 5.00. The van der Waals surface area contributed by atoms with E-state index in [1.54, 1.807) is 26.8 Å². The number of esters is 1. The van der Waals surface area contributed by atoms with Crippen LogP contribution in [0, 0.1) is 13.8 Å². The van der Waals surface area contributed by atoms with Crippen LogP contribution in [-0.4, -0.2) is 41.9 Å². The SMILES string of the molecule is CCN(CC)S(=O)(=O)c1ccc(C)c(C(=O)OCc2nc(-c3ccc(C)cc3)no2)c1. The maximum absolute atomic E-state index is 12.8. The molecule has 0 bridgehead atoms. The quantitative estimate of drug-likeness (QED) is 0.489. The molecule has 31 heavy (non-hydrogen) atoms. The lowest BCUT2D eigenvalue weighted by atomic mass is 10.1. The van der Waals surface area contributed by atoms with E-state index in [4.69, 9.17) is 9.26 Å². The van der Waals surface area contributed by atoms with Gasteiger partial charge in [-0.25, -0.2) is 13.2 Å². The summed E-state index contributed by atoms with van der Waals surface area (Å²) in [4.78, 5) is 16.9. The molecule has 2 aromatic carbocycles. The van der Waals surface area contributed by atoms with Gasteiger partial charge in [0.05, 0.1) is 10.5 Å². The first kappa shape index (κ1) is 22.6. The molecule has 0 unspecified atom stereocenters. The molecule has 0 saturated heterocycles. The first-order valence-electron chi connectivity index (χ1n) is 9.93. The highest BCUT2D eigenvalue weighted by Crippen LogP contribution is 2.21. The Labute approximate surface area is 181 Å². The molecule has 8 nitrogen and oxygen atoms in total. The number of hydrogen-bond acceptors (Lipinski definition) is 7. The van der Waals surface area contributed by atoms with Crippen molar-refractivity contribution < 1.29 is 22.5 Å². The fourth-order valence-electron chi connectivity index (χ4n) is 3.03. The number of rotatable bonds is 8. The summed E-state index contributed by atoms with van der Waals surface area (Å²) < 4.78 is 37.3. The van der Waals surface area contributed by atoms with Crippen molar-refractivity contribution in [1.29, 1.82) is 0 Å². The molecular weight excluding hydrogens is 418 g/mol. The molecule has 0 spiro atoms. The number of nitrogens with zero attached hydrogens (tertiary/aromatic N) is 3. The van der Waals surface area contributed by atoms with Crippen LogP contribution in [0.15, 0.2) is 51.9 Å². The van der Waals surface area contributed by atoms with Crippen molar-refractivity contribution in [1.82, 2.24) is 14.4 Å². The minimum atomic E-state index is -3.69. The van der Waals surface area contributed by atoms with Crippen molar-refractivity contribution in [2.24, 2.45) is 0 Å². The molecule has 3 rings (SSSR count). The van der Waals surface area contributed by atoms with Crippen LogP contribution in [0.1, 0.15) is 41.2 Å². The predicted molar refractivity (Wildman–Crippen MR) is 115 cm³/mol. The van der Waals surface area contributed by atoms with Gasteiger partial charge in [0.15, 0.2) is 6.61 Å². The number of sulfonamides is 1. The Kier molecular flexibility index (Phi) is 6.87. The van der Waals surface area contributed by atoms with Gasteiger partial charge in [-0.3, -0.25) is 0 Å². The Morgan fingerprint density at radius 2 is 1.74 bits per heavy atom. The largest absolute Gasteiger partial charge is 0.452 e. The summed E-state index contributed by atoms with van der Waals surface area (Å²) in [5.74, 6) is -0.118. The molecule has 164 valence electrons. The number of carbonyl (C=O) groups is 1. The highest BCUT2D eigenvalue weighted by molar-refractivity contribution is 7.89. The molecule has 0 aliphatic rings. The van der Waals surface area contributed by atoms with E-state index in [2.05, 4.69) is 10.1 Å². The van der Waals surface area contributed by atoms with Gasteiger partial charge in [-0.1, -0.05) is 54.9 Å². The first-order valence-corrected chi connectivity index (χ1v) is 11.4. The molecule has 0 atom stereocenters. The van der Waals surface area contributed by atoms with Gasteiger partial charge in [0, 0.05) is 18.7 Å². The first-order chi connectivity index (χ1) is 14.8. The molecule has 0 aliphatic carbocycles. The number of aromatic nitrogens is 2. The van der Waals surface area contributed by atoms with Crippen LogP contribution >= 0.6 is 0 Å². The Morgan fingerprint density at radius 3 is 2.39 bits per heavy atom. The van der Waals surface area contributed by atoms with Crippen LogP contribution in [0.5, 0.6) is 0 Å². The summed E-state index contributed by atoms with van der Waals surface area (Å²) in [7, 11) is -3.69. The zero-order valence-electron chi connectivity index (χ0n) is 18.0.